The van der Waals surface area contributed by atoms with E-state index < -0.39 is 4.92 Å². The maximum atomic E-state index is 12.0. The first-order valence-electron chi connectivity index (χ1n) is 8.01. The molecular weight excluding hydrogens is 346 g/mol. The quantitative estimate of drug-likeness (QED) is 0.398. The first-order chi connectivity index (χ1) is 13.1. The van der Waals surface area contributed by atoms with Crippen LogP contribution in [0.1, 0.15) is 5.56 Å². The van der Waals surface area contributed by atoms with Crippen LogP contribution in [0.2, 0.25) is 0 Å². The molecule has 0 saturated carbocycles. The molecular formula is C20H15N3O4. The first-order valence-corrected chi connectivity index (χ1v) is 8.01. The number of benzene rings is 2. The molecule has 0 aliphatic rings. The van der Waals surface area contributed by atoms with Gasteiger partial charge in [0.2, 0.25) is 5.91 Å². The monoisotopic (exact) mass is 361 g/mol. The van der Waals surface area contributed by atoms with Crippen LogP contribution in [0.15, 0.2) is 79.1 Å². The lowest BCUT2D eigenvalue weighted by Crippen LogP contribution is -2.07. The molecule has 27 heavy (non-hydrogen) atoms. The molecule has 7 heteroatoms. The van der Waals surface area contributed by atoms with Crippen molar-refractivity contribution in [1.82, 2.24) is 4.98 Å². The van der Waals surface area contributed by atoms with Gasteiger partial charge in [0, 0.05) is 36.3 Å². The van der Waals surface area contributed by atoms with Crippen molar-refractivity contribution in [3.05, 3.63) is 94.8 Å². The number of rotatable bonds is 6. The van der Waals surface area contributed by atoms with Crippen molar-refractivity contribution in [3.63, 3.8) is 0 Å². The molecule has 0 unspecified atom stereocenters. The van der Waals surface area contributed by atoms with Gasteiger partial charge < -0.3 is 10.1 Å². The molecule has 1 amide bonds. The van der Waals surface area contributed by atoms with E-state index in [-0.39, 0.29) is 11.6 Å². The summed E-state index contributed by atoms with van der Waals surface area (Å²) < 4.78 is 5.65. The van der Waals surface area contributed by atoms with Crippen molar-refractivity contribution >= 4 is 23.4 Å². The molecule has 0 aliphatic carbocycles. The Kier molecular flexibility index (Phi) is 5.54. The number of carbonyl (C=O) groups is 1. The van der Waals surface area contributed by atoms with Crippen molar-refractivity contribution in [3.8, 4) is 11.5 Å². The minimum absolute atomic E-state index is 0.0256. The molecule has 3 aromatic rings. The number of nitrogens with zero attached hydrogens (tertiary/aromatic N) is 2. The highest BCUT2D eigenvalue weighted by atomic mass is 16.6. The summed E-state index contributed by atoms with van der Waals surface area (Å²) in [7, 11) is 0. The van der Waals surface area contributed by atoms with Crippen LogP contribution in [0.5, 0.6) is 11.5 Å². The molecule has 0 bridgehead atoms. The van der Waals surface area contributed by atoms with Crippen LogP contribution in [0.25, 0.3) is 6.08 Å². The summed E-state index contributed by atoms with van der Waals surface area (Å²) >= 11 is 0. The zero-order valence-corrected chi connectivity index (χ0v) is 14.1. The zero-order chi connectivity index (χ0) is 19.1. The first kappa shape index (κ1) is 17.8. The Morgan fingerprint density at radius 1 is 1.04 bits per heavy atom. The molecule has 1 aromatic heterocycles. The standard InChI is InChI=1S/C20H15N3O4/c24-20(9-4-15-2-1-3-17(14-15)23(25)26)22-16-5-7-18(8-6-16)27-19-10-12-21-13-11-19/h1-14H,(H,22,24)/b9-4+. The third kappa shape index (κ3) is 5.23. The van der Waals surface area contributed by atoms with E-state index in [0.29, 0.717) is 22.7 Å². The number of pyridine rings is 1. The van der Waals surface area contributed by atoms with Crippen LogP contribution in [-0.4, -0.2) is 15.8 Å². The van der Waals surface area contributed by atoms with E-state index in [0.717, 1.165) is 0 Å². The Hall–Kier alpha value is -4.00. The van der Waals surface area contributed by atoms with Gasteiger partial charge >= 0.3 is 0 Å². The third-order valence-electron chi connectivity index (χ3n) is 3.52. The van der Waals surface area contributed by atoms with Gasteiger partial charge in [-0.2, -0.15) is 0 Å². The summed E-state index contributed by atoms with van der Waals surface area (Å²) in [4.78, 5) is 26.2. The summed E-state index contributed by atoms with van der Waals surface area (Å²) in [5, 5.41) is 13.5. The van der Waals surface area contributed by atoms with Crippen LogP contribution in [0, 0.1) is 10.1 Å². The highest BCUT2D eigenvalue weighted by molar-refractivity contribution is 6.01. The summed E-state index contributed by atoms with van der Waals surface area (Å²) in [5.41, 5.74) is 1.15. The van der Waals surface area contributed by atoms with Crippen molar-refractivity contribution in [1.29, 1.82) is 0 Å². The van der Waals surface area contributed by atoms with Gasteiger partial charge in [-0.25, -0.2) is 0 Å². The van der Waals surface area contributed by atoms with Gasteiger partial charge in [0.1, 0.15) is 11.5 Å². The Morgan fingerprint density at radius 2 is 1.74 bits per heavy atom. The molecule has 1 heterocycles. The van der Waals surface area contributed by atoms with Gasteiger partial charge in [0.15, 0.2) is 0 Å². The molecule has 1 N–H and O–H groups in total. The number of anilines is 1. The molecule has 7 nitrogen and oxygen atoms in total. The number of aromatic nitrogens is 1. The second kappa shape index (κ2) is 8.39. The van der Waals surface area contributed by atoms with Gasteiger partial charge in [-0.1, -0.05) is 12.1 Å². The van der Waals surface area contributed by atoms with Crippen molar-refractivity contribution in [2.75, 3.05) is 5.32 Å². The van der Waals surface area contributed by atoms with Crippen LogP contribution in [0.4, 0.5) is 11.4 Å². The SMILES string of the molecule is O=C(/C=C/c1cccc([N+](=O)[O-])c1)Nc1ccc(Oc2ccncc2)cc1. The minimum Gasteiger partial charge on any atom is -0.457 e. The summed E-state index contributed by atoms with van der Waals surface area (Å²) in [6, 6.07) is 16.4. The number of hydrogen-bond acceptors (Lipinski definition) is 5. The topological polar surface area (TPSA) is 94.4 Å². The van der Waals surface area contributed by atoms with E-state index in [9.17, 15) is 14.9 Å². The van der Waals surface area contributed by atoms with Gasteiger partial charge in [-0.3, -0.25) is 19.9 Å². The minimum atomic E-state index is -0.479. The predicted octanol–water partition coefficient (Wildman–Crippen LogP) is 4.43. The van der Waals surface area contributed by atoms with Crippen LogP contribution in [0.3, 0.4) is 0 Å². The van der Waals surface area contributed by atoms with E-state index in [2.05, 4.69) is 10.3 Å². The maximum Gasteiger partial charge on any atom is 0.270 e. The molecule has 0 radical (unpaired) electrons. The lowest BCUT2D eigenvalue weighted by atomic mass is 10.2. The van der Waals surface area contributed by atoms with Gasteiger partial charge in [-0.05, 0) is 48.0 Å². The molecule has 0 spiro atoms. The average Bonchev–Trinajstić information content (AvgIpc) is 2.69. The van der Waals surface area contributed by atoms with Gasteiger partial charge in [-0.15, -0.1) is 0 Å². The number of nitro benzene ring substituents is 1. The van der Waals surface area contributed by atoms with E-state index in [1.807, 2.05) is 0 Å². The summed E-state index contributed by atoms with van der Waals surface area (Å²) in [6.45, 7) is 0. The number of carbonyl (C=O) groups excluding carboxylic acids is 1. The number of hydrogen-bond donors (Lipinski definition) is 1. The largest absolute Gasteiger partial charge is 0.457 e. The zero-order valence-electron chi connectivity index (χ0n) is 14.1. The molecule has 134 valence electrons. The molecule has 0 saturated heterocycles. The van der Waals surface area contributed by atoms with E-state index in [1.54, 1.807) is 60.9 Å². The molecule has 0 fully saturated rings. The Balaban J connectivity index is 1.59. The number of nitro groups is 1. The number of ether oxygens (including phenoxy) is 1. The van der Waals surface area contributed by atoms with Crippen LogP contribution in [-0.2, 0) is 4.79 Å². The Morgan fingerprint density at radius 3 is 2.44 bits per heavy atom. The Labute approximate surface area is 155 Å². The van der Waals surface area contributed by atoms with Gasteiger partial charge in [0.25, 0.3) is 5.69 Å². The normalized spacial score (nSPS) is 10.5. The lowest BCUT2D eigenvalue weighted by Gasteiger charge is -2.06. The third-order valence-corrected chi connectivity index (χ3v) is 3.52. The van der Waals surface area contributed by atoms with E-state index in [4.69, 9.17) is 4.74 Å². The van der Waals surface area contributed by atoms with Crippen molar-refractivity contribution in [2.24, 2.45) is 0 Å². The maximum absolute atomic E-state index is 12.0. The van der Waals surface area contributed by atoms with Crippen LogP contribution < -0.4 is 10.1 Å². The van der Waals surface area contributed by atoms with Gasteiger partial charge in [0.05, 0.1) is 4.92 Å². The second-order valence-electron chi connectivity index (χ2n) is 5.48. The highest BCUT2D eigenvalue weighted by Crippen LogP contribution is 2.22. The van der Waals surface area contributed by atoms with Crippen molar-refractivity contribution in [2.45, 2.75) is 0 Å². The average molecular weight is 361 g/mol. The predicted molar refractivity (Wildman–Crippen MR) is 102 cm³/mol. The number of nitrogens with one attached hydrogen (secondary N) is 1. The molecule has 0 atom stereocenters. The fourth-order valence-electron chi connectivity index (χ4n) is 2.25. The molecule has 3 rings (SSSR count). The molecule has 0 aliphatic heterocycles. The smallest absolute Gasteiger partial charge is 0.270 e. The second-order valence-corrected chi connectivity index (χ2v) is 5.48. The molecule has 2 aromatic carbocycles. The Bertz CT molecular complexity index is 970. The lowest BCUT2D eigenvalue weighted by molar-refractivity contribution is -0.384. The van der Waals surface area contributed by atoms with E-state index >= 15 is 0 Å². The summed E-state index contributed by atoms with van der Waals surface area (Å²) in [6.07, 6.45) is 6.11. The van der Waals surface area contributed by atoms with Crippen LogP contribution >= 0.6 is 0 Å². The van der Waals surface area contributed by atoms with E-state index in [1.165, 1.54) is 24.3 Å². The number of amides is 1. The number of non-ortho nitro benzene ring substituents is 1. The fraction of sp³-hybridized carbons (Fsp3) is 0. The highest BCUT2D eigenvalue weighted by Gasteiger charge is 2.04. The van der Waals surface area contributed by atoms with Crippen molar-refractivity contribution < 1.29 is 14.5 Å². The summed E-state index contributed by atoms with van der Waals surface area (Å²) in [5.74, 6) is 0.956. The fourth-order valence-corrected chi connectivity index (χ4v) is 2.25.